The van der Waals surface area contributed by atoms with Crippen molar-refractivity contribution in [1.29, 1.82) is 0 Å². The van der Waals surface area contributed by atoms with Crippen molar-refractivity contribution in [2.45, 2.75) is 48.1 Å². The van der Waals surface area contributed by atoms with E-state index in [4.69, 9.17) is 0 Å². The number of fused-ring (bicyclic) bond motifs is 1. The number of carbonyl (C=O) groups is 3. The van der Waals surface area contributed by atoms with Gasteiger partial charge in [0.2, 0.25) is 11.8 Å². The molecule has 2 unspecified atom stereocenters. The smallest absolute Gasteiger partial charge is 0.244 e. The first-order chi connectivity index (χ1) is 9.19. The van der Waals surface area contributed by atoms with Gasteiger partial charge in [0, 0.05) is 11.5 Å². The molecule has 0 N–H and O–H groups in total. The minimum atomic E-state index is -0.842. The van der Waals surface area contributed by atoms with E-state index in [1.54, 1.807) is 23.5 Å². The van der Waals surface area contributed by atoms with Crippen molar-refractivity contribution in [3.8, 4) is 0 Å². The molecule has 2 saturated heterocycles. The van der Waals surface area contributed by atoms with Crippen molar-refractivity contribution < 1.29 is 14.4 Å². The molecule has 0 bridgehead atoms. The van der Waals surface area contributed by atoms with E-state index in [-0.39, 0.29) is 22.3 Å². The van der Waals surface area contributed by atoms with E-state index in [2.05, 4.69) is 0 Å². The summed E-state index contributed by atoms with van der Waals surface area (Å²) in [6, 6.07) is 0. The molecular weight excluding hydrogens is 282 g/mol. The van der Waals surface area contributed by atoms with E-state index in [0.717, 1.165) is 37.1 Å². The van der Waals surface area contributed by atoms with Crippen LogP contribution in [-0.2, 0) is 14.4 Å². The molecule has 2 amide bonds. The number of thioether (sulfide) groups is 2. The van der Waals surface area contributed by atoms with Crippen LogP contribution < -0.4 is 0 Å². The van der Waals surface area contributed by atoms with Gasteiger partial charge in [-0.15, -0.1) is 23.5 Å². The summed E-state index contributed by atoms with van der Waals surface area (Å²) in [4.78, 5) is 38.0. The van der Waals surface area contributed by atoms with Crippen LogP contribution >= 0.6 is 23.5 Å². The van der Waals surface area contributed by atoms with Crippen LogP contribution in [0.25, 0.3) is 0 Å². The van der Waals surface area contributed by atoms with E-state index < -0.39 is 5.54 Å². The maximum atomic E-state index is 12.5. The van der Waals surface area contributed by atoms with Gasteiger partial charge in [0.15, 0.2) is 0 Å². The molecule has 2 heterocycles. The van der Waals surface area contributed by atoms with Crippen molar-refractivity contribution in [3.05, 3.63) is 0 Å². The predicted octanol–water partition coefficient (Wildman–Crippen LogP) is 1.47. The molecular formula is C13H17NO3S2. The summed E-state index contributed by atoms with van der Waals surface area (Å²) < 4.78 is 0. The van der Waals surface area contributed by atoms with Gasteiger partial charge in [0.05, 0.1) is 0 Å². The highest BCUT2D eigenvalue weighted by Gasteiger charge is 2.56. The van der Waals surface area contributed by atoms with Crippen molar-refractivity contribution in [3.63, 3.8) is 0 Å². The molecule has 4 nitrogen and oxygen atoms in total. The Labute approximate surface area is 121 Å². The summed E-state index contributed by atoms with van der Waals surface area (Å²) in [5.41, 5.74) is -0.842. The Morgan fingerprint density at radius 2 is 1.53 bits per heavy atom. The standard InChI is InChI=1S/C13H17NO3S2/c15-8-13(4-2-1-3-5-13)14-11(16)9-10(12(14)17)19-7-6-18-9/h8-10H,1-7H2. The van der Waals surface area contributed by atoms with Gasteiger partial charge in [0.25, 0.3) is 0 Å². The summed E-state index contributed by atoms with van der Waals surface area (Å²) >= 11 is 3.15. The van der Waals surface area contributed by atoms with Crippen LogP contribution in [0.4, 0.5) is 0 Å². The fourth-order valence-electron chi connectivity index (χ4n) is 3.29. The Kier molecular flexibility index (Phi) is 3.64. The van der Waals surface area contributed by atoms with E-state index >= 15 is 0 Å². The quantitative estimate of drug-likeness (QED) is 0.571. The molecule has 0 radical (unpaired) electrons. The Hall–Kier alpha value is -0.490. The first-order valence-corrected chi connectivity index (χ1v) is 8.87. The molecule has 0 spiro atoms. The molecule has 3 aliphatic rings. The van der Waals surface area contributed by atoms with Crippen LogP contribution in [0.5, 0.6) is 0 Å². The molecule has 1 saturated carbocycles. The van der Waals surface area contributed by atoms with Gasteiger partial charge in [-0.3, -0.25) is 14.5 Å². The monoisotopic (exact) mass is 299 g/mol. The Bertz CT molecular complexity index is 396. The molecule has 0 aromatic carbocycles. The minimum Gasteiger partial charge on any atom is -0.301 e. The SMILES string of the molecule is O=CC1(N2C(=O)C3SCCSC3C2=O)CCCCC1. The van der Waals surface area contributed by atoms with Crippen molar-refractivity contribution >= 4 is 41.6 Å². The fraction of sp³-hybridized carbons (Fsp3) is 0.769. The summed E-state index contributed by atoms with van der Waals surface area (Å²) in [6.45, 7) is 0. The molecule has 19 heavy (non-hydrogen) atoms. The second-order valence-corrected chi connectivity index (χ2v) is 7.88. The zero-order valence-corrected chi connectivity index (χ0v) is 12.3. The highest BCUT2D eigenvalue weighted by atomic mass is 32.2. The van der Waals surface area contributed by atoms with Crippen LogP contribution in [-0.4, -0.2) is 50.5 Å². The van der Waals surface area contributed by atoms with Gasteiger partial charge >= 0.3 is 0 Å². The average molecular weight is 299 g/mol. The Morgan fingerprint density at radius 1 is 1.00 bits per heavy atom. The van der Waals surface area contributed by atoms with Gasteiger partial charge < -0.3 is 4.79 Å². The molecule has 3 rings (SSSR count). The second kappa shape index (κ2) is 5.13. The van der Waals surface area contributed by atoms with Crippen molar-refractivity contribution in [2.24, 2.45) is 0 Å². The number of amides is 2. The fourth-order valence-corrected chi connectivity index (χ4v) is 6.11. The number of imide groups is 1. The lowest BCUT2D eigenvalue weighted by molar-refractivity contribution is -0.150. The number of rotatable bonds is 2. The molecule has 104 valence electrons. The molecule has 2 atom stereocenters. The normalized spacial score (nSPS) is 34.2. The Balaban J connectivity index is 1.92. The zero-order chi connectivity index (χ0) is 13.5. The molecule has 1 aliphatic carbocycles. The molecule has 0 aromatic heterocycles. The second-order valence-electron chi connectivity index (χ2n) is 5.38. The number of hydrogen-bond acceptors (Lipinski definition) is 5. The third-order valence-corrected chi connectivity index (χ3v) is 7.24. The number of hydrogen-bond donors (Lipinski definition) is 0. The highest BCUT2D eigenvalue weighted by Crippen LogP contribution is 2.43. The lowest BCUT2D eigenvalue weighted by Gasteiger charge is -2.39. The van der Waals surface area contributed by atoms with Gasteiger partial charge in [-0.1, -0.05) is 19.3 Å². The minimum absolute atomic E-state index is 0.124. The summed E-state index contributed by atoms with van der Waals surface area (Å²) in [6.07, 6.45) is 5.07. The lowest BCUT2D eigenvalue weighted by atomic mass is 9.81. The maximum absolute atomic E-state index is 12.5. The van der Waals surface area contributed by atoms with E-state index in [0.29, 0.717) is 12.8 Å². The largest absolute Gasteiger partial charge is 0.301 e. The summed E-state index contributed by atoms with van der Waals surface area (Å²) in [7, 11) is 0. The van der Waals surface area contributed by atoms with Gasteiger partial charge in [-0.05, 0) is 12.8 Å². The summed E-state index contributed by atoms with van der Waals surface area (Å²) in [5, 5.41) is -0.519. The average Bonchev–Trinajstić information content (AvgIpc) is 2.73. The van der Waals surface area contributed by atoms with Crippen LogP contribution in [0.15, 0.2) is 0 Å². The molecule has 3 fully saturated rings. The zero-order valence-electron chi connectivity index (χ0n) is 10.7. The third-order valence-electron chi connectivity index (χ3n) is 4.26. The maximum Gasteiger partial charge on any atom is 0.244 e. The van der Waals surface area contributed by atoms with E-state index in [9.17, 15) is 14.4 Å². The van der Waals surface area contributed by atoms with Gasteiger partial charge in [0.1, 0.15) is 22.3 Å². The number of aldehydes is 1. The topological polar surface area (TPSA) is 54.5 Å². The van der Waals surface area contributed by atoms with Gasteiger partial charge in [-0.2, -0.15) is 0 Å². The highest BCUT2D eigenvalue weighted by molar-refractivity contribution is 8.08. The molecule has 6 heteroatoms. The van der Waals surface area contributed by atoms with Crippen molar-refractivity contribution in [1.82, 2.24) is 4.90 Å². The van der Waals surface area contributed by atoms with Crippen LogP contribution in [0.1, 0.15) is 32.1 Å². The Morgan fingerprint density at radius 3 is 2.00 bits per heavy atom. The van der Waals surface area contributed by atoms with Crippen LogP contribution in [0, 0.1) is 0 Å². The predicted molar refractivity (Wildman–Crippen MR) is 76.2 cm³/mol. The van der Waals surface area contributed by atoms with Crippen molar-refractivity contribution in [2.75, 3.05) is 11.5 Å². The first-order valence-electron chi connectivity index (χ1n) is 6.77. The summed E-state index contributed by atoms with van der Waals surface area (Å²) in [5.74, 6) is 1.57. The number of carbonyl (C=O) groups excluding carboxylic acids is 3. The third kappa shape index (κ3) is 2.03. The number of likely N-dealkylation sites (tertiary alicyclic amines) is 1. The lowest BCUT2D eigenvalue weighted by Crippen LogP contribution is -2.54. The number of nitrogens with zero attached hydrogens (tertiary/aromatic N) is 1. The molecule has 0 aromatic rings. The van der Waals surface area contributed by atoms with Crippen LogP contribution in [0.2, 0.25) is 0 Å². The van der Waals surface area contributed by atoms with E-state index in [1.807, 2.05) is 0 Å². The van der Waals surface area contributed by atoms with E-state index in [1.165, 1.54) is 4.90 Å². The first kappa shape index (κ1) is 13.5. The van der Waals surface area contributed by atoms with Gasteiger partial charge in [-0.25, -0.2) is 0 Å². The van der Waals surface area contributed by atoms with Crippen LogP contribution in [0.3, 0.4) is 0 Å². The molecule has 2 aliphatic heterocycles.